The first-order valence-electron chi connectivity index (χ1n) is 10.7. The van der Waals surface area contributed by atoms with E-state index in [4.69, 9.17) is 4.74 Å². The van der Waals surface area contributed by atoms with Crippen LogP contribution in [0.15, 0.2) is 85.6 Å². The highest BCUT2D eigenvalue weighted by Gasteiger charge is 2.21. The van der Waals surface area contributed by atoms with E-state index in [0.717, 1.165) is 28.0 Å². The highest BCUT2D eigenvalue weighted by atomic mass is 16.5. The van der Waals surface area contributed by atoms with Crippen LogP contribution in [0.25, 0.3) is 22.3 Å². The maximum atomic E-state index is 13.0. The number of H-pyrrole nitrogens is 1. The van der Waals surface area contributed by atoms with Crippen LogP contribution < -0.4 is 10.1 Å². The summed E-state index contributed by atoms with van der Waals surface area (Å²) >= 11 is 0. The van der Waals surface area contributed by atoms with Crippen LogP contribution in [0.2, 0.25) is 0 Å². The first-order chi connectivity index (χ1) is 16.2. The van der Waals surface area contributed by atoms with Gasteiger partial charge in [0.2, 0.25) is 5.91 Å². The predicted octanol–water partition coefficient (Wildman–Crippen LogP) is 5.20. The zero-order valence-corrected chi connectivity index (χ0v) is 18.0. The molecule has 8 heteroatoms. The molecule has 0 fully saturated rings. The Kier molecular flexibility index (Phi) is 5.55. The molecule has 0 aliphatic heterocycles. The molecule has 0 aliphatic rings. The fourth-order valence-corrected chi connectivity index (χ4v) is 3.68. The average molecular weight is 438 g/mol. The van der Waals surface area contributed by atoms with Crippen molar-refractivity contribution in [1.29, 1.82) is 0 Å². The Morgan fingerprint density at radius 1 is 1.06 bits per heavy atom. The molecule has 0 spiro atoms. The number of carbonyl (C=O) groups excluding carboxylic acids is 1. The minimum Gasteiger partial charge on any atom is -0.457 e. The number of anilines is 1. The Bertz CT molecular complexity index is 1380. The SMILES string of the molecule is CCC(C(=O)Nc1ccc(Oc2ccccc2)cc1)n1cc(-c2ncnc3[nH]ccc23)cn1. The number of fused-ring (bicyclic) bond motifs is 1. The first-order valence-corrected chi connectivity index (χ1v) is 10.7. The topological polar surface area (TPSA) is 97.7 Å². The van der Waals surface area contributed by atoms with Crippen molar-refractivity contribution >= 4 is 22.6 Å². The van der Waals surface area contributed by atoms with Gasteiger partial charge < -0.3 is 15.0 Å². The van der Waals surface area contributed by atoms with E-state index in [1.807, 2.05) is 80.0 Å². The van der Waals surface area contributed by atoms with Gasteiger partial charge in [0, 0.05) is 29.0 Å². The number of amides is 1. The second kappa shape index (κ2) is 8.96. The number of hydrogen-bond acceptors (Lipinski definition) is 5. The van der Waals surface area contributed by atoms with Gasteiger partial charge in [0.05, 0.1) is 11.9 Å². The molecule has 0 radical (unpaired) electrons. The molecule has 0 saturated heterocycles. The van der Waals surface area contributed by atoms with Gasteiger partial charge in [-0.2, -0.15) is 5.10 Å². The molecule has 8 nitrogen and oxygen atoms in total. The summed E-state index contributed by atoms with van der Waals surface area (Å²) in [7, 11) is 0. The summed E-state index contributed by atoms with van der Waals surface area (Å²) in [5.41, 5.74) is 3.06. The molecule has 3 aromatic heterocycles. The summed E-state index contributed by atoms with van der Waals surface area (Å²) in [6.07, 6.45) is 7.50. The van der Waals surface area contributed by atoms with Crippen LogP contribution in [0, 0.1) is 0 Å². The van der Waals surface area contributed by atoms with Gasteiger partial charge in [0.15, 0.2) is 0 Å². The van der Waals surface area contributed by atoms with Gasteiger partial charge in [0.25, 0.3) is 0 Å². The minimum absolute atomic E-state index is 0.140. The summed E-state index contributed by atoms with van der Waals surface area (Å²) in [5, 5.41) is 8.32. The first kappa shape index (κ1) is 20.4. The Balaban J connectivity index is 1.30. The highest BCUT2D eigenvalue weighted by Crippen LogP contribution is 2.26. The third kappa shape index (κ3) is 4.31. The molecule has 0 bridgehead atoms. The van der Waals surface area contributed by atoms with Crippen molar-refractivity contribution in [2.24, 2.45) is 0 Å². The number of hydrogen-bond donors (Lipinski definition) is 2. The zero-order chi connectivity index (χ0) is 22.6. The normalized spacial score (nSPS) is 11.9. The lowest BCUT2D eigenvalue weighted by molar-refractivity contribution is -0.119. The molecule has 5 aromatic rings. The molecular weight excluding hydrogens is 416 g/mol. The van der Waals surface area contributed by atoms with E-state index >= 15 is 0 Å². The summed E-state index contributed by atoms with van der Waals surface area (Å²) in [6, 6.07) is 18.3. The van der Waals surface area contributed by atoms with Crippen molar-refractivity contribution < 1.29 is 9.53 Å². The second-order valence-corrected chi connectivity index (χ2v) is 7.52. The molecule has 3 heterocycles. The predicted molar refractivity (Wildman–Crippen MR) is 126 cm³/mol. The maximum Gasteiger partial charge on any atom is 0.249 e. The van der Waals surface area contributed by atoms with Crippen molar-refractivity contribution in [2.45, 2.75) is 19.4 Å². The van der Waals surface area contributed by atoms with Gasteiger partial charge in [-0.05, 0) is 48.9 Å². The van der Waals surface area contributed by atoms with Crippen molar-refractivity contribution in [1.82, 2.24) is 24.7 Å². The molecular formula is C25H22N6O2. The van der Waals surface area contributed by atoms with Gasteiger partial charge in [-0.1, -0.05) is 25.1 Å². The fraction of sp³-hybridized carbons (Fsp3) is 0.120. The lowest BCUT2D eigenvalue weighted by atomic mass is 10.1. The van der Waals surface area contributed by atoms with Gasteiger partial charge in [0.1, 0.15) is 29.5 Å². The molecule has 33 heavy (non-hydrogen) atoms. The molecule has 0 saturated carbocycles. The minimum atomic E-state index is -0.456. The van der Waals surface area contributed by atoms with Crippen molar-refractivity contribution in [3.63, 3.8) is 0 Å². The van der Waals surface area contributed by atoms with E-state index in [1.54, 1.807) is 10.9 Å². The standard InChI is InChI=1S/C25H22N6O2/c1-2-22(31-15-17(14-29-31)23-21-12-13-26-24(21)28-16-27-23)25(32)30-18-8-10-20(11-9-18)33-19-6-4-3-5-7-19/h3-16,22H,2H2,1H3,(H,30,32)(H,26,27,28). The van der Waals surface area contributed by atoms with Crippen LogP contribution in [0.4, 0.5) is 5.69 Å². The van der Waals surface area contributed by atoms with Crippen LogP contribution in [0.5, 0.6) is 11.5 Å². The van der Waals surface area contributed by atoms with E-state index in [-0.39, 0.29) is 5.91 Å². The quantitative estimate of drug-likeness (QED) is 0.364. The van der Waals surface area contributed by atoms with Crippen molar-refractivity contribution in [3.05, 3.63) is 85.6 Å². The van der Waals surface area contributed by atoms with Gasteiger partial charge in [-0.3, -0.25) is 9.48 Å². The molecule has 1 amide bonds. The summed E-state index contributed by atoms with van der Waals surface area (Å²) in [4.78, 5) is 24.7. The number of nitrogens with one attached hydrogen (secondary N) is 2. The number of rotatable bonds is 7. The third-order valence-corrected chi connectivity index (χ3v) is 5.34. The Labute approximate surface area is 190 Å². The average Bonchev–Trinajstić information content (AvgIpc) is 3.51. The zero-order valence-electron chi connectivity index (χ0n) is 18.0. The van der Waals surface area contributed by atoms with Crippen molar-refractivity contribution in [3.8, 4) is 22.8 Å². The molecule has 0 aliphatic carbocycles. The van der Waals surface area contributed by atoms with E-state index in [0.29, 0.717) is 17.9 Å². The van der Waals surface area contributed by atoms with E-state index in [9.17, 15) is 4.79 Å². The van der Waals surface area contributed by atoms with E-state index < -0.39 is 6.04 Å². The Hall–Kier alpha value is -4.46. The second-order valence-electron chi connectivity index (χ2n) is 7.52. The third-order valence-electron chi connectivity index (χ3n) is 5.34. The molecule has 2 aromatic carbocycles. The van der Waals surface area contributed by atoms with Crippen LogP contribution >= 0.6 is 0 Å². The van der Waals surface area contributed by atoms with Gasteiger partial charge >= 0.3 is 0 Å². The number of aromatic amines is 1. The number of aromatic nitrogens is 5. The fourth-order valence-electron chi connectivity index (χ4n) is 3.68. The molecule has 1 unspecified atom stereocenters. The number of benzene rings is 2. The van der Waals surface area contributed by atoms with E-state index in [1.165, 1.54) is 6.33 Å². The molecule has 164 valence electrons. The van der Waals surface area contributed by atoms with Crippen LogP contribution in [-0.2, 0) is 4.79 Å². The Morgan fingerprint density at radius 2 is 1.85 bits per heavy atom. The van der Waals surface area contributed by atoms with Gasteiger partial charge in [-0.25, -0.2) is 9.97 Å². The summed E-state index contributed by atoms with van der Waals surface area (Å²) in [6.45, 7) is 1.96. The largest absolute Gasteiger partial charge is 0.457 e. The van der Waals surface area contributed by atoms with E-state index in [2.05, 4.69) is 25.4 Å². The van der Waals surface area contributed by atoms with Crippen LogP contribution in [-0.4, -0.2) is 30.6 Å². The lowest BCUT2D eigenvalue weighted by Crippen LogP contribution is -2.25. The van der Waals surface area contributed by atoms with Crippen LogP contribution in [0.3, 0.4) is 0 Å². The number of ether oxygens (including phenoxy) is 1. The smallest absolute Gasteiger partial charge is 0.249 e. The number of nitrogens with zero attached hydrogens (tertiary/aromatic N) is 4. The van der Waals surface area contributed by atoms with Crippen molar-refractivity contribution in [2.75, 3.05) is 5.32 Å². The van der Waals surface area contributed by atoms with Gasteiger partial charge in [-0.15, -0.1) is 0 Å². The Morgan fingerprint density at radius 3 is 2.64 bits per heavy atom. The highest BCUT2D eigenvalue weighted by molar-refractivity contribution is 5.94. The monoisotopic (exact) mass is 438 g/mol. The number of para-hydroxylation sites is 1. The maximum absolute atomic E-state index is 13.0. The number of carbonyl (C=O) groups is 1. The summed E-state index contributed by atoms with van der Waals surface area (Å²) in [5.74, 6) is 1.32. The summed E-state index contributed by atoms with van der Waals surface area (Å²) < 4.78 is 7.49. The molecule has 2 N–H and O–H groups in total. The lowest BCUT2D eigenvalue weighted by Gasteiger charge is -2.16. The molecule has 5 rings (SSSR count). The molecule has 1 atom stereocenters. The van der Waals surface area contributed by atoms with Crippen LogP contribution in [0.1, 0.15) is 19.4 Å².